The van der Waals surface area contributed by atoms with Gasteiger partial charge in [-0.1, -0.05) is 0 Å². The van der Waals surface area contributed by atoms with Gasteiger partial charge >= 0.3 is 0 Å². The van der Waals surface area contributed by atoms with E-state index >= 15 is 0 Å². The number of piperazine rings is 1. The third kappa shape index (κ3) is 3.41. The van der Waals surface area contributed by atoms with Crippen LogP contribution in [0.1, 0.15) is 6.92 Å². The standard InChI is InChI=1S/C11H23N3O/c1-11-10-12-2-3-14(11)5-4-13-6-8-15-9-7-13/h11-12H,2-10H2,1H3/t11-/m1/s1. The van der Waals surface area contributed by atoms with Crippen LogP contribution in [0.4, 0.5) is 0 Å². The van der Waals surface area contributed by atoms with Crippen molar-refractivity contribution >= 4 is 0 Å². The lowest BCUT2D eigenvalue weighted by atomic mass is 10.2. The number of hydrogen-bond donors (Lipinski definition) is 1. The third-order valence-corrected chi connectivity index (χ3v) is 3.45. The Balaban J connectivity index is 1.67. The maximum atomic E-state index is 5.35. The third-order valence-electron chi connectivity index (χ3n) is 3.45. The summed E-state index contributed by atoms with van der Waals surface area (Å²) in [6, 6.07) is 0.694. The SMILES string of the molecule is C[C@@H]1CNCCN1CCN1CCOCC1. The first-order valence-corrected chi connectivity index (χ1v) is 6.11. The van der Waals surface area contributed by atoms with Gasteiger partial charge in [0.1, 0.15) is 0 Å². The quantitative estimate of drug-likeness (QED) is 0.691. The predicted octanol–water partition coefficient (Wildman–Crippen LogP) is -0.388. The van der Waals surface area contributed by atoms with Gasteiger partial charge in [0.2, 0.25) is 0 Å². The first-order chi connectivity index (χ1) is 7.36. The molecule has 0 amide bonds. The van der Waals surface area contributed by atoms with Gasteiger partial charge in [-0.3, -0.25) is 9.80 Å². The molecule has 0 saturated carbocycles. The summed E-state index contributed by atoms with van der Waals surface area (Å²) in [5.74, 6) is 0. The largest absolute Gasteiger partial charge is 0.379 e. The minimum absolute atomic E-state index is 0.694. The van der Waals surface area contributed by atoms with Crippen molar-refractivity contribution in [3.8, 4) is 0 Å². The van der Waals surface area contributed by atoms with Crippen LogP contribution in [0.2, 0.25) is 0 Å². The van der Waals surface area contributed by atoms with Crippen LogP contribution in [-0.4, -0.2) is 74.9 Å². The Morgan fingerprint density at radius 3 is 2.73 bits per heavy atom. The molecule has 0 radical (unpaired) electrons. The predicted molar refractivity (Wildman–Crippen MR) is 61.2 cm³/mol. The molecule has 0 unspecified atom stereocenters. The zero-order valence-electron chi connectivity index (χ0n) is 9.74. The summed E-state index contributed by atoms with van der Waals surface area (Å²) in [4.78, 5) is 5.10. The van der Waals surface area contributed by atoms with Gasteiger partial charge in [0.15, 0.2) is 0 Å². The van der Waals surface area contributed by atoms with Gasteiger partial charge in [-0.2, -0.15) is 0 Å². The number of nitrogens with one attached hydrogen (secondary N) is 1. The molecule has 88 valence electrons. The summed E-state index contributed by atoms with van der Waals surface area (Å²) in [6.07, 6.45) is 0. The highest BCUT2D eigenvalue weighted by Crippen LogP contribution is 2.03. The molecular weight excluding hydrogens is 190 g/mol. The molecule has 0 aromatic carbocycles. The van der Waals surface area contributed by atoms with Crippen LogP contribution in [0.5, 0.6) is 0 Å². The van der Waals surface area contributed by atoms with Crippen LogP contribution in [-0.2, 0) is 4.74 Å². The van der Waals surface area contributed by atoms with Crippen molar-refractivity contribution in [2.45, 2.75) is 13.0 Å². The second-order valence-electron chi connectivity index (χ2n) is 4.54. The molecule has 2 aliphatic heterocycles. The van der Waals surface area contributed by atoms with Crippen molar-refractivity contribution in [2.75, 3.05) is 59.0 Å². The number of rotatable bonds is 3. The van der Waals surface area contributed by atoms with Gasteiger partial charge in [0.05, 0.1) is 13.2 Å². The maximum Gasteiger partial charge on any atom is 0.0594 e. The molecule has 4 heteroatoms. The van der Waals surface area contributed by atoms with Gasteiger partial charge in [0.25, 0.3) is 0 Å². The van der Waals surface area contributed by atoms with E-state index in [0.717, 1.165) is 39.4 Å². The lowest BCUT2D eigenvalue weighted by Gasteiger charge is -2.36. The van der Waals surface area contributed by atoms with E-state index in [9.17, 15) is 0 Å². The number of hydrogen-bond acceptors (Lipinski definition) is 4. The summed E-state index contributed by atoms with van der Waals surface area (Å²) < 4.78 is 5.35. The monoisotopic (exact) mass is 213 g/mol. The van der Waals surface area contributed by atoms with Crippen molar-refractivity contribution in [3.05, 3.63) is 0 Å². The molecule has 2 heterocycles. The first kappa shape index (κ1) is 11.3. The van der Waals surface area contributed by atoms with Crippen molar-refractivity contribution in [1.82, 2.24) is 15.1 Å². The van der Waals surface area contributed by atoms with Crippen molar-refractivity contribution in [1.29, 1.82) is 0 Å². The fraction of sp³-hybridized carbons (Fsp3) is 1.00. The molecule has 15 heavy (non-hydrogen) atoms. The van der Waals surface area contributed by atoms with Gasteiger partial charge in [-0.15, -0.1) is 0 Å². The molecule has 0 aromatic rings. The minimum atomic E-state index is 0.694. The molecule has 0 spiro atoms. The number of morpholine rings is 1. The number of nitrogens with zero attached hydrogens (tertiary/aromatic N) is 2. The molecule has 2 saturated heterocycles. The van der Waals surface area contributed by atoms with Gasteiger partial charge < -0.3 is 10.1 Å². The second kappa shape index (κ2) is 5.80. The number of ether oxygens (including phenoxy) is 1. The van der Waals surface area contributed by atoms with E-state index in [1.165, 1.54) is 19.6 Å². The zero-order valence-corrected chi connectivity index (χ0v) is 9.74. The fourth-order valence-electron chi connectivity index (χ4n) is 2.31. The van der Waals surface area contributed by atoms with Crippen LogP contribution >= 0.6 is 0 Å². The van der Waals surface area contributed by atoms with Crippen LogP contribution in [0.15, 0.2) is 0 Å². The summed E-state index contributed by atoms with van der Waals surface area (Å²) in [6.45, 7) is 12.3. The van der Waals surface area contributed by atoms with Gasteiger partial charge in [-0.25, -0.2) is 0 Å². The molecule has 0 aromatic heterocycles. The van der Waals surface area contributed by atoms with E-state index < -0.39 is 0 Å². The lowest BCUT2D eigenvalue weighted by molar-refractivity contribution is 0.0300. The van der Waals surface area contributed by atoms with Crippen LogP contribution in [0, 0.1) is 0 Å². The molecule has 2 rings (SSSR count). The Hall–Kier alpha value is -0.160. The summed E-state index contributed by atoms with van der Waals surface area (Å²) >= 11 is 0. The molecule has 0 bridgehead atoms. The maximum absolute atomic E-state index is 5.35. The van der Waals surface area contributed by atoms with Crippen molar-refractivity contribution in [2.24, 2.45) is 0 Å². The highest BCUT2D eigenvalue weighted by Gasteiger charge is 2.18. The van der Waals surface area contributed by atoms with Crippen molar-refractivity contribution in [3.63, 3.8) is 0 Å². The molecule has 1 N–H and O–H groups in total. The summed E-state index contributed by atoms with van der Waals surface area (Å²) in [7, 11) is 0. The van der Waals surface area contributed by atoms with E-state index in [1.54, 1.807) is 0 Å². The average Bonchev–Trinajstić information content (AvgIpc) is 2.29. The Labute approximate surface area is 92.6 Å². The fourth-order valence-corrected chi connectivity index (χ4v) is 2.31. The Kier molecular flexibility index (Phi) is 4.38. The Bertz CT molecular complexity index is 183. The van der Waals surface area contributed by atoms with E-state index in [0.29, 0.717) is 6.04 Å². The lowest BCUT2D eigenvalue weighted by Crippen LogP contribution is -2.52. The topological polar surface area (TPSA) is 27.7 Å². The van der Waals surface area contributed by atoms with E-state index in [-0.39, 0.29) is 0 Å². The van der Waals surface area contributed by atoms with Crippen LogP contribution in [0.3, 0.4) is 0 Å². The van der Waals surface area contributed by atoms with Crippen molar-refractivity contribution < 1.29 is 4.74 Å². The Morgan fingerprint density at radius 1 is 1.20 bits per heavy atom. The first-order valence-electron chi connectivity index (χ1n) is 6.11. The van der Waals surface area contributed by atoms with Gasteiger partial charge in [-0.05, 0) is 6.92 Å². The molecule has 2 aliphatic rings. The smallest absolute Gasteiger partial charge is 0.0594 e. The minimum Gasteiger partial charge on any atom is -0.379 e. The molecule has 0 aliphatic carbocycles. The molecule has 1 atom stereocenters. The van der Waals surface area contributed by atoms with Crippen LogP contribution in [0.25, 0.3) is 0 Å². The average molecular weight is 213 g/mol. The van der Waals surface area contributed by atoms with Crippen LogP contribution < -0.4 is 5.32 Å². The van der Waals surface area contributed by atoms with E-state index in [2.05, 4.69) is 22.0 Å². The van der Waals surface area contributed by atoms with E-state index in [1.807, 2.05) is 0 Å². The zero-order chi connectivity index (χ0) is 10.5. The Morgan fingerprint density at radius 2 is 2.00 bits per heavy atom. The summed E-state index contributed by atoms with van der Waals surface area (Å²) in [5, 5.41) is 3.43. The molecule has 4 nitrogen and oxygen atoms in total. The normalized spacial score (nSPS) is 30.6. The highest BCUT2D eigenvalue weighted by atomic mass is 16.5. The highest BCUT2D eigenvalue weighted by molar-refractivity contribution is 4.77. The van der Waals surface area contributed by atoms with Gasteiger partial charge in [0, 0.05) is 51.9 Å². The molecule has 2 fully saturated rings. The second-order valence-corrected chi connectivity index (χ2v) is 4.54. The summed E-state index contributed by atoms with van der Waals surface area (Å²) in [5.41, 5.74) is 0. The van der Waals surface area contributed by atoms with E-state index in [4.69, 9.17) is 4.74 Å². The molecular formula is C11H23N3O.